The van der Waals surface area contributed by atoms with Gasteiger partial charge in [-0.1, -0.05) is 26.8 Å². The van der Waals surface area contributed by atoms with Crippen LogP contribution in [0.2, 0.25) is 0 Å². The summed E-state index contributed by atoms with van der Waals surface area (Å²) in [6.45, 7) is 9.63. The third kappa shape index (κ3) is 13.1. The Balaban J connectivity index is 1.97. The summed E-state index contributed by atoms with van der Waals surface area (Å²) in [5.41, 5.74) is 30.2. The van der Waals surface area contributed by atoms with E-state index in [9.17, 15) is 9.59 Å². The molecule has 1 heterocycles. The van der Waals surface area contributed by atoms with Gasteiger partial charge in [0.1, 0.15) is 11.8 Å². The summed E-state index contributed by atoms with van der Waals surface area (Å²) in [5.74, 6) is -0.0161. The fraction of sp³-hybridized carbons (Fsp3) is 0.581. The summed E-state index contributed by atoms with van der Waals surface area (Å²) >= 11 is 0. The van der Waals surface area contributed by atoms with Crippen LogP contribution in [0.1, 0.15) is 71.9 Å². The third-order valence-electron chi connectivity index (χ3n) is 7.17. The van der Waals surface area contributed by atoms with E-state index in [2.05, 4.69) is 65.8 Å². The van der Waals surface area contributed by atoms with Gasteiger partial charge in [0.2, 0.25) is 11.8 Å². The van der Waals surface area contributed by atoms with E-state index >= 15 is 0 Å². The zero-order chi connectivity index (χ0) is 33.6. The number of hydrogen-bond acceptors (Lipinski definition) is 8. The molecule has 14 nitrogen and oxygen atoms in total. The SMILES string of the molecule is COc1cc(NC(C)CCCNC(=O)[C@@H](CCCN=C(N)N)NC(=O)[C@H](N)CCCN=C(N)N)c2nc(C(C)(C)C)ccc2c1. The fourth-order valence-corrected chi connectivity index (χ4v) is 4.64. The molecular formula is C31H53N11O3. The average molecular weight is 628 g/mol. The van der Waals surface area contributed by atoms with E-state index in [1.165, 1.54) is 0 Å². The minimum atomic E-state index is -0.805. The number of anilines is 1. The second kappa shape index (κ2) is 17.8. The Hall–Kier alpha value is -4.33. The molecular weight excluding hydrogens is 574 g/mol. The molecule has 0 aliphatic heterocycles. The van der Waals surface area contributed by atoms with Crippen LogP contribution in [0.3, 0.4) is 0 Å². The van der Waals surface area contributed by atoms with Crippen LogP contribution in [0, 0.1) is 0 Å². The Bertz CT molecular complexity index is 1320. The van der Waals surface area contributed by atoms with Crippen molar-refractivity contribution in [1.82, 2.24) is 15.6 Å². The molecule has 14 heteroatoms. The van der Waals surface area contributed by atoms with Crippen LogP contribution in [0.15, 0.2) is 34.3 Å². The van der Waals surface area contributed by atoms with Crippen LogP contribution in [0.25, 0.3) is 10.9 Å². The van der Waals surface area contributed by atoms with Gasteiger partial charge in [-0.2, -0.15) is 0 Å². The highest BCUT2D eigenvalue weighted by atomic mass is 16.5. The standard InChI is InChI=1S/C31H53N11O3/c1-19(40-24-18-21(45-5)17-20-12-13-25(31(2,3)4)42-26(20)24)9-6-14-37-28(44)23(11-8-16-39-30(35)36)41-27(43)22(32)10-7-15-38-29(33)34/h12-13,17-19,22-23,40H,6-11,14-16,32H2,1-5H3,(H,37,44)(H,41,43)(H4,33,34,38)(H4,35,36,39)/t19?,22-,23-/m1/s1. The van der Waals surface area contributed by atoms with E-state index in [1.54, 1.807) is 7.11 Å². The van der Waals surface area contributed by atoms with E-state index in [0.29, 0.717) is 51.7 Å². The van der Waals surface area contributed by atoms with E-state index in [1.807, 2.05) is 12.1 Å². The van der Waals surface area contributed by atoms with Gasteiger partial charge in [0, 0.05) is 48.2 Å². The topological polar surface area (TPSA) is 247 Å². The second-order valence-electron chi connectivity index (χ2n) is 12.2. The van der Waals surface area contributed by atoms with Gasteiger partial charge < -0.3 is 49.4 Å². The number of benzene rings is 1. The first-order valence-electron chi connectivity index (χ1n) is 15.4. The highest BCUT2D eigenvalue weighted by molar-refractivity contribution is 5.92. The average Bonchev–Trinajstić information content (AvgIpc) is 2.97. The number of fused-ring (bicyclic) bond motifs is 1. The van der Waals surface area contributed by atoms with E-state index in [0.717, 1.165) is 34.5 Å². The lowest BCUT2D eigenvalue weighted by atomic mass is 9.91. The van der Waals surface area contributed by atoms with Crippen molar-refractivity contribution in [2.24, 2.45) is 38.7 Å². The number of methoxy groups -OCH3 is 1. The van der Waals surface area contributed by atoms with Crippen molar-refractivity contribution >= 4 is 40.3 Å². The highest BCUT2D eigenvalue weighted by Gasteiger charge is 2.23. The predicted molar refractivity (Wildman–Crippen MR) is 182 cm³/mol. The number of aliphatic imine (C=N–C) groups is 2. The molecule has 1 unspecified atom stereocenters. The number of nitrogens with zero attached hydrogens (tertiary/aromatic N) is 3. The molecule has 0 aliphatic carbocycles. The summed E-state index contributed by atoms with van der Waals surface area (Å²) in [5, 5.41) is 10.3. The van der Waals surface area contributed by atoms with Gasteiger partial charge in [-0.05, 0) is 57.6 Å². The lowest BCUT2D eigenvalue weighted by Gasteiger charge is -2.22. The van der Waals surface area contributed by atoms with E-state index < -0.39 is 18.0 Å². The molecule has 3 atom stereocenters. The number of amides is 2. The van der Waals surface area contributed by atoms with Crippen molar-refractivity contribution in [1.29, 1.82) is 0 Å². The molecule has 45 heavy (non-hydrogen) atoms. The molecule has 1 aromatic carbocycles. The van der Waals surface area contributed by atoms with Gasteiger partial charge in [0.05, 0.1) is 24.4 Å². The molecule has 0 saturated carbocycles. The molecule has 0 fully saturated rings. The summed E-state index contributed by atoms with van der Waals surface area (Å²) < 4.78 is 5.52. The monoisotopic (exact) mass is 627 g/mol. The number of pyridine rings is 1. The lowest BCUT2D eigenvalue weighted by molar-refractivity contribution is -0.129. The van der Waals surface area contributed by atoms with Crippen molar-refractivity contribution in [2.75, 3.05) is 32.1 Å². The summed E-state index contributed by atoms with van der Waals surface area (Å²) in [4.78, 5) is 38.7. The van der Waals surface area contributed by atoms with Crippen LogP contribution in [-0.4, -0.2) is 73.6 Å². The van der Waals surface area contributed by atoms with Crippen molar-refractivity contribution in [3.05, 3.63) is 30.0 Å². The fourth-order valence-electron chi connectivity index (χ4n) is 4.64. The molecule has 0 radical (unpaired) electrons. The van der Waals surface area contributed by atoms with Crippen LogP contribution in [-0.2, 0) is 15.0 Å². The van der Waals surface area contributed by atoms with E-state index in [-0.39, 0.29) is 29.3 Å². The Kier molecular flexibility index (Phi) is 14.6. The van der Waals surface area contributed by atoms with Crippen LogP contribution in [0.5, 0.6) is 5.75 Å². The third-order valence-corrected chi connectivity index (χ3v) is 7.17. The van der Waals surface area contributed by atoms with Gasteiger partial charge in [0.25, 0.3) is 0 Å². The maximum Gasteiger partial charge on any atom is 0.242 e. The normalized spacial score (nSPS) is 13.3. The molecule has 2 aromatic rings. The summed E-state index contributed by atoms with van der Waals surface area (Å²) in [6.07, 6.45) is 3.22. The Morgan fingerprint density at radius 3 is 2.18 bits per heavy atom. The number of nitrogens with two attached hydrogens (primary N) is 5. The summed E-state index contributed by atoms with van der Waals surface area (Å²) in [7, 11) is 1.65. The van der Waals surface area contributed by atoms with Gasteiger partial charge in [-0.3, -0.25) is 24.6 Å². The molecule has 0 spiro atoms. The number of carbonyl (C=O) groups excluding carboxylic acids is 2. The maximum atomic E-state index is 13.1. The first-order valence-corrected chi connectivity index (χ1v) is 15.4. The number of ether oxygens (including phenoxy) is 1. The van der Waals surface area contributed by atoms with Crippen molar-refractivity contribution in [3.8, 4) is 5.75 Å². The zero-order valence-corrected chi connectivity index (χ0v) is 27.4. The van der Waals surface area contributed by atoms with Crippen molar-refractivity contribution < 1.29 is 14.3 Å². The first-order chi connectivity index (χ1) is 21.2. The van der Waals surface area contributed by atoms with Crippen molar-refractivity contribution in [3.63, 3.8) is 0 Å². The molecule has 0 aliphatic rings. The minimum absolute atomic E-state index is 0.0174. The molecule has 0 saturated heterocycles. The van der Waals surface area contributed by atoms with Gasteiger partial charge in [-0.15, -0.1) is 0 Å². The number of nitrogens with one attached hydrogen (secondary N) is 3. The summed E-state index contributed by atoms with van der Waals surface area (Å²) in [6, 6.07) is 6.57. The minimum Gasteiger partial charge on any atom is -0.497 e. The zero-order valence-electron chi connectivity index (χ0n) is 27.4. The molecule has 0 bridgehead atoms. The predicted octanol–water partition coefficient (Wildman–Crippen LogP) is 1.16. The first kappa shape index (κ1) is 36.9. The molecule has 250 valence electrons. The van der Waals surface area contributed by atoms with Gasteiger partial charge in [0.15, 0.2) is 11.9 Å². The van der Waals surface area contributed by atoms with Gasteiger partial charge in [-0.25, -0.2) is 0 Å². The molecule has 2 amide bonds. The largest absolute Gasteiger partial charge is 0.497 e. The lowest BCUT2D eigenvalue weighted by Crippen LogP contribution is -2.51. The van der Waals surface area contributed by atoms with Crippen LogP contribution < -0.4 is 49.4 Å². The smallest absolute Gasteiger partial charge is 0.242 e. The number of carbonyl (C=O) groups is 2. The number of aromatic nitrogens is 1. The van der Waals surface area contributed by atoms with Crippen LogP contribution in [0.4, 0.5) is 5.69 Å². The Morgan fingerprint density at radius 1 is 0.933 bits per heavy atom. The van der Waals surface area contributed by atoms with Crippen molar-refractivity contribution in [2.45, 2.75) is 89.8 Å². The molecule has 1 aromatic heterocycles. The number of hydrogen-bond donors (Lipinski definition) is 8. The van der Waals surface area contributed by atoms with Crippen LogP contribution >= 0.6 is 0 Å². The number of guanidine groups is 2. The highest BCUT2D eigenvalue weighted by Crippen LogP contribution is 2.31. The maximum absolute atomic E-state index is 13.1. The Labute approximate surface area is 266 Å². The van der Waals surface area contributed by atoms with Gasteiger partial charge >= 0.3 is 0 Å². The number of rotatable bonds is 18. The molecule has 13 N–H and O–H groups in total. The molecule has 2 rings (SSSR count). The Morgan fingerprint density at radius 2 is 1.58 bits per heavy atom. The second-order valence-corrected chi connectivity index (χ2v) is 12.2. The van der Waals surface area contributed by atoms with E-state index in [4.69, 9.17) is 38.4 Å². The quantitative estimate of drug-likeness (QED) is 0.0665.